The molecular weight excluding hydrogens is 517 g/mol. The summed E-state index contributed by atoms with van der Waals surface area (Å²) in [6, 6.07) is 20.6. The van der Waals surface area contributed by atoms with E-state index in [1.165, 1.54) is 12.1 Å². The van der Waals surface area contributed by atoms with Crippen LogP contribution in [0.4, 0.5) is 4.39 Å². The summed E-state index contributed by atoms with van der Waals surface area (Å²) in [6.07, 6.45) is 3.04. The highest BCUT2D eigenvalue weighted by Gasteiger charge is 2.29. The normalized spacial score (nSPS) is 17.8. The molecule has 1 amide bonds. The molecule has 0 atom stereocenters. The molecule has 4 N–H and O–H groups in total. The molecule has 0 saturated heterocycles. The Morgan fingerprint density at radius 3 is 2.31 bits per heavy atom. The van der Waals surface area contributed by atoms with Crippen molar-refractivity contribution in [1.82, 2.24) is 15.0 Å². The van der Waals surface area contributed by atoms with Gasteiger partial charge in [0.15, 0.2) is 0 Å². The summed E-state index contributed by atoms with van der Waals surface area (Å²) in [4.78, 5) is 16.1. The molecule has 0 unspecified atom stereocenters. The van der Waals surface area contributed by atoms with E-state index in [1.807, 2.05) is 30.3 Å². The monoisotopic (exact) mass is 549 g/mol. The molecule has 4 aromatic rings. The molecule has 5 rings (SSSR count). The first-order valence-electron chi connectivity index (χ1n) is 13.2. The third-order valence-corrected chi connectivity index (χ3v) is 8.92. The second kappa shape index (κ2) is 11.7. The lowest BCUT2D eigenvalue weighted by Gasteiger charge is -2.28. The van der Waals surface area contributed by atoms with Crippen LogP contribution in [0.1, 0.15) is 36.8 Å². The molecule has 1 saturated carbocycles. The molecule has 3 aromatic carbocycles. The van der Waals surface area contributed by atoms with Crippen molar-refractivity contribution in [2.45, 2.75) is 49.6 Å². The van der Waals surface area contributed by atoms with Crippen molar-refractivity contribution in [3.8, 4) is 11.3 Å². The highest BCUT2D eigenvalue weighted by molar-refractivity contribution is 7.89. The Labute approximate surface area is 227 Å². The SMILES string of the molecule is O=C(NCCc1ccc(F)cc1)C1CCC(NS(=O)(=O)c2ccc3cc(-c4ccc(CO)cc4)[nH]c3c2)CC1. The number of nitrogens with one attached hydrogen (secondary N) is 3. The van der Waals surface area contributed by atoms with Gasteiger partial charge in [0.25, 0.3) is 0 Å². The molecule has 1 aliphatic carbocycles. The molecule has 1 aliphatic rings. The Morgan fingerprint density at radius 1 is 0.923 bits per heavy atom. The van der Waals surface area contributed by atoms with Crippen molar-refractivity contribution in [1.29, 1.82) is 0 Å². The fourth-order valence-corrected chi connectivity index (χ4v) is 6.44. The first kappa shape index (κ1) is 27.1. The van der Waals surface area contributed by atoms with Gasteiger partial charge in [0.05, 0.1) is 11.5 Å². The summed E-state index contributed by atoms with van der Waals surface area (Å²) in [5.74, 6) is -0.438. The summed E-state index contributed by atoms with van der Waals surface area (Å²) in [7, 11) is -3.73. The lowest BCUT2D eigenvalue weighted by atomic mass is 9.86. The van der Waals surface area contributed by atoms with E-state index < -0.39 is 10.0 Å². The minimum Gasteiger partial charge on any atom is -0.392 e. The van der Waals surface area contributed by atoms with Crippen LogP contribution >= 0.6 is 0 Å². The van der Waals surface area contributed by atoms with Crippen molar-refractivity contribution in [3.05, 3.63) is 89.7 Å². The number of H-pyrrole nitrogens is 1. The number of hydrogen-bond acceptors (Lipinski definition) is 4. The molecule has 9 heteroatoms. The van der Waals surface area contributed by atoms with Gasteiger partial charge in [-0.25, -0.2) is 17.5 Å². The minimum atomic E-state index is -3.73. The van der Waals surface area contributed by atoms with E-state index in [2.05, 4.69) is 15.0 Å². The smallest absolute Gasteiger partial charge is 0.240 e. The maximum absolute atomic E-state index is 13.2. The number of carbonyl (C=O) groups is 1. The number of amides is 1. The predicted molar refractivity (Wildman–Crippen MR) is 149 cm³/mol. The van der Waals surface area contributed by atoms with Crippen LogP contribution in [0.2, 0.25) is 0 Å². The molecule has 0 aliphatic heterocycles. The van der Waals surface area contributed by atoms with Crippen molar-refractivity contribution < 1.29 is 22.7 Å². The number of aromatic nitrogens is 1. The number of fused-ring (bicyclic) bond motifs is 1. The standard InChI is InChI=1S/C30H32FN3O4S/c31-25-10-3-20(4-11-25)15-16-32-30(36)23-7-12-26(13-8-23)34-39(37,38)27-14-9-24-17-28(33-29(24)18-27)22-5-1-21(19-35)2-6-22/h1-6,9-11,14,17-18,23,26,33-35H,7-8,12-13,15-16,19H2,(H,32,36). The number of rotatable bonds is 9. The van der Waals surface area contributed by atoms with E-state index in [9.17, 15) is 22.7 Å². The van der Waals surface area contributed by atoms with Crippen LogP contribution in [0, 0.1) is 11.7 Å². The third kappa shape index (κ3) is 6.55. The number of aromatic amines is 1. The van der Waals surface area contributed by atoms with Crippen molar-refractivity contribution in [2.75, 3.05) is 6.54 Å². The third-order valence-electron chi connectivity index (χ3n) is 7.40. The van der Waals surface area contributed by atoms with Crippen molar-refractivity contribution >= 4 is 26.8 Å². The van der Waals surface area contributed by atoms with Gasteiger partial charge in [-0.2, -0.15) is 0 Å². The lowest BCUT2D eigenvalue weighted by Crippen LogP contribution is -2.41. The van der Waals surface area contributed by atoms with Gasteiger partial charge in [-0.1, -0.05) is 42.5 Å². The molecule has 0 radical (unpaired) electrons. The first-order chi connectivity index (χ1) is 18.8. The number of aliphatic hydroxyl groups is 1. The van der Waals surface area contributed by atoms with E-state index >= 15 is 0 Å². The Hall–Kier alpha value is -3.53. The van der Waals surface area contributed by atoms with Crippen LogP contribution in [0.25, 0.3) is 22.2 Å². The van der Waals surface area contributed by atoms with Crippen LogP contribution in [-0.2, 0) is 27.8 Å². The van der Waals surface area contributed by atoms with Crippen LogP contribution in [0.15, 0.2) is 77.7 Å². The average Bonchev–Trinajstić information content (AvgIpc) is 3.38. The highest BCUT2D eigenvalue weighted by atomic mass is 32.2. The molecule has 0 spiro atoms. The number of aliphatic hydroxyl groups excluding tert-OH is 1. The van der Waals surface area contributed by atoms with Gasteiger partial charge in [-0.15, -0.1) is 0 Å². The topological polar surface area (TPSA) is 111 Å². The second-order valence-electron chi connectivity index (χ2n) is 10.1. The van der Waals surface area contributed by atoms with Crippen LogP contribution in [0.3, 0.4) is 0 Å². The van der Waals surface area contributed by atoms with Gasteiger partial charge in [0.1, 0.15) is 5.82 Å². The summed E-state index contributed by atoms with van der Waals surface area (Å²) in [5.41, 5.74) is 4.32. The fraction of sp³-hybridized carbons (Fsp3) is 0.300. The number of hydrogen-bond donors (Lipinski definition) is 4. The van der Waals surface area contributed by atoms with Gasteiger partial charge in [-0.05, 0) is 79.1 Å². The Bertz CT molecular complexity index is 1540. The van der Waals surface area contributed by atoms with Crippen molar-refractivity contribution in [3.63, 3.8) is 0 Å². The number of halogens is 1. The summed E-state index contributed by atoms with van der Waals surface area (Å²) in [5, 5.41) is 13.1. The zero-order valence-corrected chi connectivity index (χ0v) is 22.3. The second-order valence-corrected chi connectivity index (χ2v) is 11.8. The Morgan fingerprint density at radius 2 is 1.62 bits per heavy atom. The van der Waals surface area contributed by atoms with E-state index in [1.54, 1.807) is 30.3 Å². The Kier molecular flexibility index (Phi) is 8.11. The fourth-order valence-electron chi connectivity index (χ4n) is 5.10. The average molecular weight is 550 g/mol. The van der Waals surface area contributed by atoms with E-state index in [4.69, 9.17) is 0 Å². The minimum absolute atomic E-state index is 0.0163. The van der Waals surface area contributed by atoms with Gasteiger partial charge in [0.2, 0.25) is 15.9 Å². The van der Waals surface area contributed by atoms with Crippen LogP contribution in [-0.4, -0.2) is 37.0 Å². The number of sulfonamides is 1. The van der Waals surface area contributed by atoms with Gasteiger partial charge < -0.3 is 15.4 Å². The maximum Gasteiger partial charge on any atom is 0.240 e. The van der Waals surface area contributed by atoms with Crippen molar-refractivity contribution in [2.24, 2.45) is 5.92 Å². The Balaban J connectivity index is 1.15. The molecule has 7 nitrogen and oxygen atoms in total. The van der Waals surface area contributed by atoms with E-state index in [0.29, 0.717) is 38.6 Å². The molecule has 0 bridgehead atoms. The molecule has 1 fully saturated rings. The highest BCUT2D eigenvalue weighted by Crippen LogP contribution is 2.28. The molecular formula is C30H32FN3O4S. The largest absolute Gasteiger partial charge is 0.392 e. The van der Waals surface area contributed by atoms with Crippen LogP contribution < -0.4 is 10.0 Å². The van der Waals surface area contributed by atoms with Crippen LogP contribution in [0.5, 0.6) is 0 Å². The zero-order valence-electron chi connectivity index (χ0n) is 21.5. The zero-order chi connectivity index (χ0) is 27.4. The number of carbonyl (C=O) groups excluding carboxylic acids is 1. The molecule has 1 heterocycles. The van der Waals surface area contributed by atoms with Gasteiger partial charge in [-0.3, -0.25) is 4.79 Å². The molecule has 1 aromatic heterocycles. The van der Waals surface area contributed by atoms with Gasteiger partial charge >= 0.3 is 0 Å². The quantitative estimate of drug-likeness (QED) is 0.243. The van der Waals surface area contributed by atoms with E-state index in [-0.39, 0.29) is 35.2 Å². The maximum atomic E-state index is 13.2. The molecule has 204 valence electrons. The summed E-state index contributed by atoms with van der Waals surface area (Å²) >= 11 is 0. The predicted octanol–water partition coefficient (Wildman–Crippen LogP) is 4.66. The van der Waals surface area contributed by atoms with E-state index in [0.717, 1.165) is 33.3 Å². The number of benzene rings is 3. The van der Waals surface area contributed by atoms with Gasteiger partial charge in [0, 0.05) is 35.1 Å². The summed E-state index contributed by atoms with van der Waals surface area (Å²) in [6.45, 7) is 0.461. The lowest BCUT2D eigenvalue weighted by molar-refractivity contribution is -0.125. The first-order valence-corrected chi connectivity index (χ1v) is 14.7. The molecule has 39 heavy (non-hydrogen) atoms. The summed E-state index contributed by atoms with van der Waals surface area (Å²) < 4.78 is 42.2.